The minimum absolute atomic E-state index is 0.0396. The van der Waals surface area contributed by atoms with Crippen LogP contribution in [-0.2, 0) is 19.9 Å². The van der Waals surface area contributed by atoms with Crippen molar-refractivity contribution in [2.45, 2.75) is 26.2 Å². The largest absolute Gasteiger partial charge is 0.346 e. The van der Waals surface area contributed by atoms with Crippen LogP contribution in [0.25, 0.3) is 0 Å². The first-order chi connectivity index (χ1) is 10.0. The van der Waals surface area contributed by atoms with Gasteiger partial charge in [0.05, 0.1) is 0 Å². The van der Waals surface area contributed by atoms with Gasteiger partial charge in [-0.05, 0) is 55.5 Å². The molecule has 1 heterocycles. The molecule has 0 aliphatic heterocycles. The summed E-state index contributed by atoms with van der Waals surface area (Å²) < 4.78 is 1.68. The fourth-order valence-corrected chi connectivity index (χ4v) is 2.83. The smallest absolute Gasteiger partial charge is 0.272 e. The minimum atomic E-state index is -0.192. The molecule has 4 nitrogen and oxygen atoms in total. The van der Waals surface area contributed by atoms with E-state index in [2.05, 4.69) is 17.4 Å². The summed E-state index contributed by atoms with van der Waals surface area (Å²) in [6.45, 7) is 1.50. The van der Waals surface area contributed by atoms with Gasteiger partial charge in [0.1, 0.15) is 5.69 Å². The molecule has 0 saturated carbocycles. The number of benzene rings is 1. The van der Waals surface area contributed by atoms with Gasteiger partial charge in [0, 0.05) is 24.5 Å². The van der Waals surface area contributed by atoms with Crippen LogP contribution < -0.4 is 5.32 Å². The van der Waals surface area contributed by atoms with Crippen molar-refractivity contribution < 1.29 is 9.59 Å². The van der Waals surface area contributed by atoms with Crippen LogP contribution in [-0.4, -0.2) is 16.3 Å². The lowest BCUT2D eigenvalue weighted by Crippen LogP contribution is -2.15. The lowest BCUT2D eigenvalue weighted by Gasteiger charge is -2.08. The molecule has 0 fully saturated rings. The lowest BCUT2D eigenvalue weighted by molar-refractivity contribution is 0.101. The number of amides is 1. The second-order valence-corrected chi connectivity index (χ2v) is 5.57. The molecule has 21 heavy (non-hydrogen) atoms. The second-order valence-electron chi connectivity index (χ2n) is 5.57. The van der Waals surface area contributed by atoms with E-state index in [1.54, 1.807) is 23.9 Å². The Hall–Kier alpha value is -2.36. The number of ketones is 1. The fourth-order valence-electron chi connectivity index (χ4n) is 2.83. The minimum Gasteiger partial charge on any atom is -0.346 e. The third-order valence-electron chi connectivity index (χ3n) is 4.00. The summed E-state index contributed by atoms with van der Waals surface area (Å²) >= 11 is 0. The molecule has 0 unspecified atom stereocenters. The molecule has 2 aromatic rings. The van der Waals surface area contributed by atoms with E-state index in [1.807, 2.05) is 6.07 Å². The molecule has 3 rings (SSSR count). The van der Waals surface area contributed by atoms with Gasteiger partial charge >= 0.3 is 0 Å². The molecule has 0 radical (unpaired) electrons. The van der Waals surface area contributed by atoms with Crippen molar-refractivity contribution in [3.63, 3.8) is 0 Å². The summed E-state index contributed by atoms with van der Waals surface area (Å²) in [5.41, 5.74) is 4.55. The molecule has 0 saturated heterocycles. The van der Waals surface area contributed by atoms with Gasteiger partial charge in [-0.25, -0.2) is 0 Å². The number of carbonyl (C=O) groups excluding carboxylic acids is 2. The van der Waals surface area contributed by atoms with Gasteiger partial charge in [0.2, 0.25) is 0 Å². The van der Waals surface area contributed by atoms with Gasteiger partial charge in [-0.2, -0.15) is 0 Å². The van der Waals surface area contributed by atoms with E-state index >= 15 is 0 Å². The molecule has 0 atom stereocenters. The highest BCUT2D eigenvalue weighted by atomic mass is 16.2. The maximum atomic E-state index is 12.3. The van der Waals surface area contributed by atoms with Gasteiger partial charge in [0.25, 0.3) is 5.91 Å². The average molecular weight is 282 g/mol. The number of hydrogen-bond donors (Lipinski definition) is 1. The molecule has 1 aromatic heterocycles. The van der Waals surface area contributed by atoms with Crippen LogP contribution in [0.3, 0.4) is 0 Å². The summed E-state index contributed by atoms with van der Waals surface area (Å²) in [4.78, 5) is 23.7. The maximum Gasteiger partial charge on any atom is 0.272 e. The molecule has 0 spiro atoms. The number of nitrogens with zero attached hydrogens (tertiary/aromatic N) is 1. The summed E-state index contributed by atoms with van der Waals surface area (Å²) in [6.07, 6.45) is 5.08. The first kappa shape index (κ1) is 13.6. The van der Waals surface area contributed by atoms with Crippen LogP contribution in [0.5, 0.6) is 0 Å². The zero-order chi connectivity index (χ0) is 15.0. The van der Waals surface area contributed by atoms with E-state index in [-0.39, 0.29) is 11.7 Å². The number of rotatable bonds is 3. The maximum absolute atomic E-state index is 12.3. The van der Waals surface area contributed by atoms with Gasteiger partial charge in [0.15, 0.2) is 5.78 Å². The number of carbonyl (C=O) groups is 2. The van der Waals surface area contributed by atoms with E-state index in [0.29, 0.717) is 11.3 Å². The Morgan fingerprint density at radius 3 is 2.62 bits per heavy atom. The Kier molecular flexibility index (Phi) is 3.37. The highest BCUT2D eigenvalue weighted by Crippen LogP contribution is 2.25. The highest BCUT2D eigenvalue weighted by molar-refractivity contribution is 6.05. The zero-order valence-corrected chi connectivity index (χ0v) is 12.3. The molecule has 4 heteroatoms. The number of aryl methyl sites for hydroxylation is 3. The van der Waals surface area contributed by atoms with Crippen molar-refractivity contribution in [3.8, 4) is 0 Å². The number of anilines is 1. The molecule has 1 amide bonds. The molecule has 1 aliphatic carbocycles. The molecule has 108 valence electrons. The Bertz CT molecular complexity index is 728. The van der Waals surface area contributed by atoms with Crippen molar-refractivity contribution in [1.29, 1.82) is 0 Å². The third-order valence-corrected chi connectivity index (χ3v) is 4.00. The standard InChI is InChI=1S/C17H18N2O2/c1-11(20)14-9-16(19(2)10-14)17(21)18-15-7-6-12-4-3-5-13(12)8-15/h6-10H,3-5H2,1-2H3,(H,18,21). The summed E-state index contributed by atoms with van der Waals surface area (Å²) in [7, 11) is 1.77. The summed E-state index contributed by atoms with van der Waals surface area (Å²) in [5.74, 6) is -0.231. The lowest BCUT2D eigenvalue weighted by atomic mass is 10.1. The highest BCUT2D eigenvalue weighted by Gasteiger charge is 2.15. The fraction of sp³-hybridized carbons (Fsp3) is 0.294. The van der Waals surface area contributed by atoms with Crippen molar-refractivity contribution >= 4 is 17.4 Å². The number of fused-ring (bicyclic) bond motifs is 1. The average Bonchev–Trinajstić information content (AvgIpc) is 3.04. The molecular formula is C17H18N2O2. The van der Waals surface area contributed by atoms with Crippen LogP contribution in [0.4, 0.5) is 5.69 Å². The summed E-state index contributed by atoms with van der Waals surface area (Å²) in [6, 6.07) is 7.71. The van der Waals surface area contributed by atoms with Gasteiger partial charge in [-0.1, -0.05) is 6.07 Å². The monoisotopic (exact) mass is 282 g/mol. The Labute approximate surface area is 123 Å². The normalized spacial score (nSPS) is 13.0. The quantitative estimate of drug-likeness (QED) is 0.880. The molecule has 1 aromatic carbocycles. The Morgan fingerprint density at radius 2 is 1.90 bits per heavy atom. The molecular weight excluding hydrogens is 264 g/mol. The van der Waals surface area contributed by atoms with E-state index in [9.17, 15) is 9.59 Å². The van der Waals surface area contributed by atoms with E-state index in [4.69, 9.17) is 0 Å². The van der Waals surface area contributed by atoms with Gasteiger partial charge < -0.3 is 9.88 Å². The van der Waals surface area contributed by atoms with Crippen molar-refractivity contribution in [2.24, 2.45) is 7.05 Å². The second kappa shape index (κ2) is 5.20. The van der Waals surface area contributed by atoms with Gasteiger partial charge in [-0.15, -0.1) is 0 Å². The Morgan fingerprint density at radius 1 is 1.14 bits per heavy atom. The van der Waals surface area contributed by atoms with E-state index in [0.717, 1.165) is 18.5 Å². The third kappa shape index (κ3) is 2.61. The number of aromatic nitrogens is 1. The van der Waals surface area contributed by atoms with Crippen molar-refractivity contribution in [3.05, 3.63) is 52.8 Å². The summed E-state index contributed by atoms with van der Waals surface area (Å²) in [5, 5.41) is 2.91. The van der Waals surface area contributed by atoms with E-state index in [1.165, 1.54) is 24.5 Å². The SMILES string of the molecule is CC(=O)c1cc(C(=O)Nc2ccc3c(c2)CCC3)n(C)c1. The Balaban J connectivity index is 1.81. The van der Waals surface area contributed by atoms with Crippen molar-refractivity contribution in [1.82, 2.24) is 4.57 Å². The topological polar surface area (TPSA) is 51.1 Å². The number of hydrogen-bond acceptors (Lipinski definition) is 2. The number of Topliss-reactive ketones (excluding diaryl/α,β-unsaturated/α-hetero) is 1. The number of nitrogens with one attached hydrogen (secondary N) is 1. The molecule has 0 bridgehead atoms. The van der Waals surface area contributed by atoms with Crippen LogP contribution in [0, 0.1) is 0 Å². The van der Waals surface area contributed by atoms with Crippen LogP contribution in [0.15, 0.2) is 30.5 Å². The predicted molar refractivity (Wildman–Crippen MR) is 81.8 cm³/mol. The van der Waals surface area contributed by atoms with Crippen molar-refractivity contribution in [2.75, 3.05) is 5.32 Å². The predicted octanol–water partition coefficient (Wildman–Crippen LogP) is 2.97. The van der Waals surface area contributed by atoms with Crippen LogP contribution in [0.1, 0.15) is 45.3 Å². The van der Waals surface area contributed by atoms with Crippen LogP contribution >= 0.6 is 0 Å². The van der Waals surface area contributed by atoms with E-state index < -0.39 is 0 Å². The van der Waals surface area contributed by atoms with Crippen LogP contribution in [0.2, 0.25) is 0 Å². The zero-order valence-electron chi connectivity index (χ0n) is 12.3. The van der Waals surface area contributed by atoms with Gasteiger partial charge in [-0.3, -0.25) is 9.59 Å². The molecule has 1 N–H and O–H groups in total. The molecule has 1 aliphatic rings. The first-order valence-electron chi connectivity index (χ1n) is 7.15. The first-order valence-corrected chi connectivity index (χ1v) is 7.15.